The molecule has 2 aliphatic rings. The Morgan fingerprint density at radius 2 is 1.85 bits per heavy atom. The number of Topliss-reactive ketones (excluding diaryl/α,β-unsaturated/α-hetero) is 1. The molecule has 0 aliphatic heterocycles. The zero-order valence-electron chi connectivity index (χ0n) is 19.6. The topological polar surface area (TPSA) is 72.6 Å². The van der Waals surface area contributed by atoms with Gasteiger partial charge in [-0.05, 0) is 82.2 Å². The lowest BCUT2D eigenvalue weighted by molar-refractivity contribution is -0.128. The monoisotopic (exact) mass is 447 g/mol. The van der Waals surface area contributed by atoms with Crippen molar-refractivity contribution in [2.45, 2.75) is 63.6 Å². The van der Waals surface area contributed by atoms with Crippen LogP contribution in [0.1, 0.15) is 62.3 Å². The Morgan fingerprint density at radius 3 is 2.55 bits per heavy atom. The van der Waals surface area contributed by atoms with Gasteiger partial charge in [0, 0.05) is 42.7 Å². The van der Waals surface area contributed by atoms with E-state index in [2.05, 4.69) is 52.4 Å². The highest BCUT2D eigenvalue weighted by Crippen LogP contribution is 2.38. The molecule has 7 heteroatoms. The fraction of sp³-hybridized carbons (Fsp3) is 0.538. The lowest BCUT2D eigenvalue weighted by Crippen LogP contribution is -2.25. The third-order valence-electron chi connectivity index (χ3n) is 7.16. The third kappa shape index (κ3) is 4.99. The number of nitrogens with zero attached hydrogens (tertiary/aromatic N) is 5. The van der Waals surface area contributed by atoms with Crippen molar-refractivity contribution < 1.29 is 9.53 Å². The van der Waals surface area contributed by atoms with E-state index in [9.17, 15) is 4.79 Å². The molecule has 3 heterocycles. The maximum Gasteiger partial charge on any atom is 0.161 e. The van der Waals surface area contributed by atoms with Gasteiger partial charge in [-0.2, -0.15) is 5.10 Å². The van der Waals surface area contributed by atoms with Crippen molar-refractivity contribution in [2.24, 2.45) is 5.92 Å². The number of carbonyl (C=O) groups is 1. The van der Waals surface area contributed by atoms with E-state index in [4.69, 9.17) is 4.74 Å². The number of pyridine rings is 1. The SMILES string of the molecule is CN(C)CC1CCC(c2cnn3ccc(-c4cnc(COC5CCCC5=O)nc4)cc23)CC1. The Morgan fingerprint density at radius 1 is 1.06 bits per heavy atom. The first-order chi connectivity index (χ1) is 16.1. The lowest BCUT2D eigenvalue weighted by atomic mass is 9.79. The summed E-state index contributed by atoms with van der Waals surface area (Å²) in [6.07, 6.45) is 14.8. The summed E-state index contributed by atoms with van der Waals surface area (Å²) in [7, 11) is 4.33. The van der Waals surface area contributed by atoms with Gasteiger partial charge in [0.05, 0.1) is 11.7 Å². The minimum absolute atomic E-state index is 0.197. The second-order valence-corrected chi connectivity index (χ2v) is 9.87. The fourth-order valence-electron chi connectivity index (χ4n) is 5.38. The van der Waals surface area contributed by atoms with E-state index in [1.165, 1.54) is 43.3 Å². The van der Waals surface area contributed by atoms with E-state index < -0.39 is 0 Å². The first kappa shape index (κ1) is 22.2. The Balaban J connectivity index is 1.28. The van der Waals surface area contributed by atoms with Gasteiger partial charge in [0.25, 0.3) is 0 Å². The highest BCUT2D eigenvalue weighted by Gasteiger charge is 2.26. The molecule has 0 saturated heterocycles. The van der Waals surface area contributed by atoms with Crippen molar-refractivity contribution in [1.82, 2.24) is 24.5 Å². The summed E-state index contributed by atoms with van der Waals surface area (Å²) in [6.45, 7) is 1.46. The van der Waals surface area contributed by atoms with Crippen LogP contribution in [0.3, 0.4) is 0 Å². The molecule has 3 aromatic rings. The molecule has 2 aliphatic carbocycles. The van der Waals surface area contributed by atoms with Gasteiger partial charge in [-0.25, -0.2) is 14.5 Å². The van der Waals surface area contributed by atoms with Gasteiger partial charge in [0.15, 0.2) is 11.6 Å². The molecule has 1 atom stereocenters. The smallest absolute Gasteiger partial charge is 0.161 e. The summed E-state index contributed by atoms with van der Waals surface area (Å²) < 4.78 is 7.70. The summed E-state index contributed by atoms with van der Waals surface area (Å²) in [5.74, 6) is 2.19. The van der Waals surface area contributed by atoms with Gasteiger partial charge in [0.2, 0.25) is 0 Å². The van der Waals surface area contributed by atoms with Crippen LogP contribution in [0.25, 0.3) is 16.6 Å². The summed E-state index contributed by atoms with van der Waals surface area (Å²) in [4.78, 5) is 23.0. The number of hydrogen-bond donors (Lipinski definition) is 0. The maximum absolute atomic E-state index is 11.7. The van der Waals surface area contributed by atoms with E-state index in [-0.39, 0.29) is 18.5 Å². The van der Waals surface area contributed by atoms with Gasteiger partial charge in [0.1, 0.15) is 12.7 Å². The van der Waals surface area contributed by atoms with Gasteiger partial charge >= 0.3 is 0 Å². The minimum atomic E-state index is -0.283. The van der Waals surface area contributed by atoms with Crippen LogP contribution in [0, 0.1) is 5.92 Å². The Hall–Kier alpha value is -2.64. The van der Waals surface area contributed by atoms with Crippen molar-refractivity contribution in [3.05, 3.63) is 48.3 Å². The number of rotatable bonds is 7. The van der Waals surface area contributed by atoms with Crippen LogP contribution >= 0.6 is 0 Å². The molecule has 2 saturated carbocycles. The predicted molar refractivity (Wildman–Crippen MR) is 127 cm³/mol. The number of hydrogen-bond acceptors (Lipinski definition) is 6. The van der Waals surface area contributed by atoms with E-state index in [1.54, 1.807) is 0 Å². The molecular weight excluding hydrogens is 414 g/mol. The molecule has 2 fully saturated rings. The Kier molecular flexibility index (Phi) is 6.51. The zero-order chi connectivity index (χ0) is 22.8. The van der Waals surface area contributed by atoms with Crippen LogP contribution in [-0.4, -0.2) is 57.0 Å². The van der Waals surface area contributed by atoms with E-state index in [0.717, 1.165) is 29.9 Å². The molecule has 0 spiro atoms. The van der Waals surface area contributed by atoms with Gasteiger partial charge < -0.3 is 9.64 Å². The molecule has 0 amide bonds. The van der Waals surface area contributed by atoms with Crippen LogP contribution in [0.2, 0.25) is 0 Å². The van der Waals surface area contributed by atoms with E-state index in [1.807, 2.05) is 23.1 Å². The van der Waals surface area contributed by atoms with Crippen LogP contribution in [-0.2, 0) is 16.1 Å². The van der Waals surface area contributed by atoms with Gasteiger partial charge in [-0.1, -0.05) is 0 Å². The van der Waals surface area contributed by atoms with Crippen LogP contribution in [0.5, 0.6) is 0 Å². The van der Waals surface area contributed by atoms with Crippen LogP contribution < -0.4 is 0 Å². The molecule has 0 N–H and O–H groups in total. The average molecular weight is 448 g/mol. The zero-order valence-corrected chi connectivity index (χ0v) is 19.6. The van der Waals surface area contributed by atoms with Crippen molar-refractivity contribution in [2.75, 3.05) is 20.6 Å². The highest BCUT2D eigenvalue weighted by atomic mass is 16.5. The molecule has 33 heavy (non-hydrogen) atoms. The molecule has 3 aromatic heterocycles. The third-order valence-corrected chi connectivity index (χ3v) is 7.16. The molecule has 1 unspecified atom stereocenters. The van der Waals surface area contributed by atoms with Crippen molar-refractivity contribution in [3.63, 3.8) is 0 Å². The summed E-state index contributed by atoms with van der Waals surface area (Å²) >= 11 is 0. The maximum atomic E-state index is 11.7. The average Bonchev–Trinajstić information content (AvgIpc) is 3.43. The number of ether oxygens (including phenoxy) is 1. The standard InChI is InChI=1S/C26H33N5O2/c1-30(2)16-18-6-8-19(9-7-18)22-15-29-31-11-10-20(12-23(22)31)21-13-27-26(28-14-21)17-33-25-5-3-4-24(25)32/h10-15,18-19,25H,3-9,16-17H2,1-2H3. The predicted octanol–water partition coefficient (Wildman–Crippen LogP) is 4.26. The number of ketones is 1. The molecular formula is C26H33N5O2. The normalized spacial score (nSPS) is 23.6. The summed E-state index contributed by atoms with van der Waals surface area (Å²) in [5, 5.41) is 4.61. The molecule has 5 rings (SSSR count). The first-order valence-electron chi connectivity index (χ1n) is 12.1. The molecule has 0 radical (unpaired) electrons. The molecule has 0 bridgehead atoms. The summed E-state index contributed by atoms with van der Waals surface area (Å²) in [5.41, 5.74) is 4.59. The van der Waals surface area contributed by atoms with Crippen molar-refractivity contribution >= 4 is 11.3 Å². The lowest BCUT2D eigenvalue weighted by Gasteiger charge is -2.30. The Labute approximate surface area is 195 Å². The summed E-state index contributed by atoms with van der Waals surface area (Å²) in [6, 6.07) is 4.27. The Bertz CT molecular complexity index is 1100. The second-order valence-electron chi connectivity index (χ2n) is 9.87. The minimum Gasteiger partial charge on any atom is -0.362 e. The number of fused-ring (bicyclic) bond motifs is 1. The molecule has 7 nitrogen and oxygen atoms in total. The van der Waals surface area contributed by atoms with Gasteiger partial charge in [-0.3, -0.25) is 4.79 Å². The van der Waals surface area contributed by atoms with E-state index >= 15 is 0 Å². The number of carbonyl (C=O) groups excluding carboxylic acids is 1. The quantitative estimate of drug-likeness (QED) is 0.539. The number of aromatic nitrogens is 4. The van der Waals surface area contributed by atoms with E-state index in [0.29, 0.717) is 18.2 Å². The first-order valence-corrected chi connectivity index (χ1v) is 12.1. The van der Waals surface area contributed by atoms with Crippen molar-refractivity contribution in [3.8, 4) is 11.1 Å². The second kappa shape index (κ2) is 9.69. The van der Waals surface area contributed by atoms with Gasteiger partial charge in [-0.15, -0.1) is 0 Å². The van der Waals surface area contributed by atoms with Crippen molar-refractivity contribution in [1.29, 1.82) is 0 Å². The highest BCUT2D eigenvalue weighted by molar-refractivity contribution is 5.84. The molecule has 174 valence electrons. The van der Waals surface area contributed by atoms with Crippen LogP contribution in [0.15, 0.2) is 36.9 Å². The fourth-order valence-corrected chi connectivity index (χ4v) is 5.38. The van der Waals surface area contributed by atoms with Crippen LogP contribution in [0.4, 0.5) is 0 Å². The largest absolute Gasteiger partial charge is 0.362 e. The molecule has 0 aromatic carbocycles.